The van der Waals surface area contributed by atoms with Gasteiger partial charge in [-0.25, -0.2) is 23.6 Å². The van der Waals surface area contributed by atoms with E-state index < -0.39 is 35.4 Å². The van der Waals surface area contributed by atoms with E-state index in [0.29, 0.717) is 16.0 Å². The molecule has 12 heteroatoms. The van der Waals surface area contributed by atoms with E-state index in [0.717, 1.165) is 6.07 Å². The molecule has 5 aromatic rings. The topological polar surface area (TPSA) is 100 Å². The molecule has 0 spiro atoms. The van der Waals surface area contributed by atoms with Crippen LogP contribution in [-0.4, -0.2) is 26.9 Å². The highest BCUT2D eigenvalue weighted by molar-refractivity contribution is 6.04. The molecule has 0 fully saturated rings. The fourth-order valence-corrected chi connectivity index (χ4v) is 4.58. The number of pyridine rings is 3. The maximum absolute atomic E-state index is 15.0. The van der Waals surface area contributed by atoms with Crippen molar-refractivity contribution in [3.05, 3.63) is 125 Å². The summed E-state index contributed by atoms with van der Waals surface area (Å²) in [6.45, 7) is 0. The zero-order valence-electron chi connectivity index (χ0n) is 21.4. The third kappa shape index (κ3) is 5.05. The van der Waals surface area contributed by atoms with Crippen molar-refractivity contribution in [1.29, 1.82) is 0 Å². The van der Waals surface area contributed by atoms with Gasteiger partial charge in [0.25, 0.3) is 5.91 Å². The van der Waals surface area contributed by atoms with Crippen LogP contribution in [0.4, 0.5) is 34.9 Å². The number of ether oxygens (including phenoxy) is 1. The van der Waals surface area contributed by atoms with E-state index in [-0.39, 0.29) is 39.9 Å². The Kier molecular flexibility index (Phi) is 6.65. The van der Waals surface area contributed by atoms with Gasteiger partial charge in [-0.05, 0) is 42.0 Å². The van der Waals surface area contributed by atoms with Crippen LogP contribution in [-0.2, 0) is 6.42 Å². The molecular formula is C30H19F4N5O3. The summed E-state index contributed by atoms with van der Waals surface area (Å²) in [4.78, 5) is 37.3. The molecule has 1 aliphatic rings. The number of hydrogen-bond donors (Lipinski definition) is 2. The molecule has 0 atom stereocenters. The van der Waals surface area contributed by atoms with Gasteiger partial charge in [-0.1, -0.05) is 18.2 Å². The van der Waals surface area contributed by atoms with Gasteiger partial charge in [-0.15, -0.1) is 0 Å². The maximum atomic E-state index is 15.0. The van der Waals surface area contributed by atoms with Crippen LogP contribution < -0.4 is 20.4 Å². The number of amides is 1. The quantitative estimate of drug-likeness (QED) is 0.179. The molecule has 0 unspecified atom stereocenters. The average molecular weight is 574 g/mol. The molecule has 0 saturated heterocycles. The van der Waals surface area contributed by atoms with Gasteiger partial charge < -0.3 is 15.0 Å². The summed E-state index contributed by atoms with van der Waals surface area (Å²) in [5, 5.41) is 2.46. The number of nitrogens with one attached hydrogen (secondary N) is 2. The number of carbonyl (C=O) groups excluding carboxylic acids is 1. The second-order valence-corrected chi connectivity index (χ2v) is 9.33. The first-order valence-corrected chi connectivity index (χ1v) is 12.5. The largest absolute Gasteiger partial charge is 0.454 e. The Morgan fingerprint density at radius 2 is 1.79 bits per heavy atom. The lowest BCUT2D eigenvalue weighted by molar-refractivity contribution is 0.0172. The van der Waals surface area contributed by atoms with Crippen molar-refractivity contribution < 1.29 is 27.1 Å². The van der Waals surface area contributed by atoms with Crippen LogP contribution in [0.5, 0.6) is 11.5 Å². The van der Waals surface area contributed by atoms with E-state index in [1.807, 2.05) is 0 Å². The number of benzene rings is 2. The number of nitrogens with zero attached hydrogens (tertiary/aromatic N) is 3. The van der Waals surface area contributed by atoms with Crippen molar-refractivity contribution >= 4 is 23.2 Å². The highest BCUT2D eigenvalue weighted by Gasteiger charge is 2.47. The van der Waals surface area contributed by atoms with Crippen molar-refractivity contribution in [3.8, 4) is 22.6 Å². The second-order valence-electron chi connectivity index (χ2n) is 9.33. The number of aromatic amines is 1. The molecule has 2 aromatic carbocycles. The van der Waals surface area contributed by atoms with Crippen molar-refractivity contribution in [1.82, 2.24) is 15.0 Å². The number of rotatable bonds is 6. The SMILES string of the molecule is O=C(Nc1ccc(Oc2ccnc(N3c4ncccc4CC3(F)F)c2)c(F)c1)c1c[nH]cc(-c2ccc(F)cc2)c1=O. The molecule has 4 heterocycles. The molecule has 0 saturated carbocycles. The summed E-state index contributed by atoms with van der Waals surface area (Å²) in [7, 11) is 0. The predicted molar refractivity (Wildman–Crippen MR) is 146 cm³/mol. The third-order valence-corrected chi connectivity index (χ3v) is 6.52. The van der Waals surface area contributed by atoms with Crippen molar-refractivity contribution in [2.45, 2.75) is 12.5 Å². The Morgan fingerprint density at radius 1 is 0.976 bits per heavy atom. The summed E-state index contributed by atoms with van der Waals surface area (Å²) in [6.07, 6.45) is 4.72. The lowest BCUT2D eigenvalue weighted by atomic mass is 10.0. The van der Waals surface area contributed by atoms with Gasteiger partial charge in [0.05, 0.1) is 6.42 Å². The number of aromatic nitrogens is 3. The fourth-order valence-electron chi connectivity index (χ4n) is 4.58. The van der Waals surface area contributed by atoms with E-state index in [4.69, 9.17) is 4.74 Å². The molecule has 6 rings (SSSR count). The number of H-pyrrole nitrogens is 1. The lowest BCUT2D eigenvalue weighted by Gasteiger charge is -2.25. The van der Waals surface area contributed by atoms with Gasteiger partial charge in [0, 0.05) is 53.7 Å². The van der Waals surface area contributed by atoms with Gasteiger partial charge >= 0.3 is 6.05 Å². The van der Waals surface area contributed by atoms with Crippen LogP contribution in [0.3, 0.4) is 0 Å². The Morgan fingerprint density at radius 3 is 2.57 bits per heavy atom. The number of carbonyl (C=O) groups is 1. The van der Waals surface area contributed by atoms with Gasteiger partial charge in [0.15, 0.2) is 11.6 Å². The third-order valence-electron chi connectivity index (χ3n) is 6.52. The van der Waals surface area contributed by atoms with Crippen LogP contribution >= 0.6 is 0 Å². The van der Waals surface area contributed by atoms with Crippen LogP contribution in [0.2, 0.25) is 0 Å². The summed E-state index contributed by atoms with van der Waals surface area (Å²) in [5.74, 6) is -2.40. The standard InChI is InChI=1S/C30H19F4N5O3/c31-19-5-3-17(4-6-19)22-15-35-16-23(27(22)40)29(41)38-20-7-8-25(24(32)12-20)42-21-9-11-36-26(13-21)39-28-18(2-1-10-37-28)14-30(39,33)34/h1-13,15-16H,14H2,(H,35,40)(H,38,41). The second kappa shape index (κ2) is 10.5. The monoisotopic (exact) mass is 573 g/mol. The number of halogens is 4. The average Bonchev–Trinajstić information content (AvgIpc) is 3.25. The molecule has 0 radical (unpaired) electrons. The minimum atomic E-state index is -3.27. The van der Waals surface area contributed by atoms with Crippen LogP contribution in [0.1, 0.15) is 15.9 Å². The molecule has 2 N–H and O–H groups in total. The van der Waals surface area contributed by atoms with Crippen LogP contribution in [0.25, 0.3) is 11.1 Å². The Bertz CT molecular complexity index is 1880. The molecule has 1 amide bonds. The maximum Gasteiger partial charge on any atom is 0.336 e. The van der Waals surface area contributed by atoms with E-state index in [1.54, 1.807) is 12.1 Å². The zero-order chi connectivity index (χ0) is 29.4. The number of anilines is 3. The van der Waals surface area contributed by atoms with Crippen LogP contribution in [0.15, 0.2) is 96.3 Å². The molecular weight excluding hydrogens is 554 g/mol. The van der Waals surface area contributed by atoms with Gasteiger partial charge in [-0.3, -0.25) is 9.59 Å². The molecule has 210 valence electrons. The van der Waals surface area contributed by atoms with E-state index in [2.05, 4.69) is 20.3 Å². The number of alkyl halides is 2. The Labute approximate surface area is 235 Å². The van der Waals surface area contributed by atoms with Gasteiger partial charge in [0.1, 0.15) is 28.8 Å². The lowest BCUT2D eigenvalue weighted by Crippen LogP contribution is -2.35. The molecule has 0 aliphatic carbocycles. The van der Waals surface area contributed by atoms with Crippen LogP contribution in [0, 0.1) is 11.6 Å². The van der Waals surface area contributed by atoms with Gasteiger partial charge in [-0.2, -0.15) is 8.78 Å². The minimum absolute atomic E-state index is 0.0336. The summed E-state index contributed by atoms with van der Waals surface area (Å²) < 4.78 is 63.5. The summed E-state index contributed by atoms with van der Waals surface area (Å²) in [6, 6.07) is 11.3. The first-order valence-electron chi connectivity index (χ1n) is 12.5. The summed E-state index contributed by atoms with van der Waals surface area (Å²) >= 11 is 0. The molecule has 8 nitrogen and oxygen atoms in total. The molecule has 42 heavy (non-hydrogen) atoms. The number of fused-ring (bicyclic) bond motifs is 1. The highest BCUT2D eigenvalue weighted by atomic mass is 19.3. The number of hydrogen-bond acceptors (Lipinski definition) is 6. The van der Waals surface area contributed by atoms with E-state index >= 15 is 0 Å². The van der Waals surface area contributed by atoms with Crippen molar-refractivity contribution in [3.63, 3.8) is 0 Å². The molecule has 0 bridgehead atoms. The Balaban J connectivity index is 1.20. The van der Waals surface area contributed by atoms with E-state index in [9.17, 15) is 27.2 Å². The first kappa shape index (κ1) is 26.7. The van der Waals surface area contributed by atoms with Crippen molar-refractivity contribution in [2.75, 3.05) is 10.2 Å². The Hall–Kier alpha value is -5.52. The smallest absolute Gasteiger partial charge is 0.336 e. The highest BCUT2D eigenvalue weighted by Crippen LogP contribution is 2.44. The fraction of sp³-hybridized carbons (Fsp3) is 0.0667. The predicted octanol–water partition coefficient (Wildman–Crippen LogP) is 6.44. The first-order chi connectivity index (χ1) is 20.2. The van der Waals surface area contributed by atoms with Crippen molar-refractivity contribution in [2.24, 2.45) is 0 Å². The zero-order valence-corrected chi connectivity index (χ0v) is 21.4. The molecule has 3 aromatic heterocycles. The normalized spacial score (nSPS) is 13.5. The summed E-state index contributed by atoms with van der Waals surface area (Å²) in [5.41, 5.74) is 0.118. The minimum Gasteiger partial charge on any atom is -0.454 e. The van der Waals surface area contributed by atoms with Gasteiger partial charge in [0.2, 0.25) is 5.43 Å². The van der Waals surface area contributed by atoms with E-state index in [1.165, 1.54) is 73.3 Å². The molecule has 1 aliphatic heterocycles.